The van der Waals surface area contributed by atoms with E-state index in [1.54, 1.807) is 12.4 Å². The molecule has 0 amide bonds. The van der Waals surface area contributed by atoms with Gasteiger partial charge in [-0.1, -0.05) is 11.6 Å². The third-order valence-electron chi connectivity index (χ3n) is 4.59. The van der Waals surface area contributed by atoms with E-state index in [0.29, 0.717) is 23.3 Å². The molecule has 2 aliphatic rings. The number of piperidine rings is 1. The molecular weight excluding hydrogens is 292 g/mol. The Morgan fingerprint density at radius 2 is 2.05 bits per heavy atom. The lowest BCUT2D eigenvalue weighted by Crippen LogP contribution is -2.36. The average molecular weight is 307 g/mol. The smallest absolute Gasteiger partial charge is 0.324 e. The molecule has 1 N–H and O–H groups in total. The van der Waals surface area contributed by atoms with Crippen LogP contribution in [0.2, 0.25) is 5.02 Å². The van der Waals surface area contributed by atoms with Crippen molar-refractivity contribution in [3.8, 4) is 6.07 Å². The van der Waals surface area contributed by atoms with E-state index in [1.165, 1.54) is 0 Å². The fourth-order valence-corrected chi connectivity index (χ4v) is 3.35. The van der Waals surface area contributed by atoms with Crippen molar-refractivity contribution in [2.24, 2.45) is 17.3 Å². The molecule has 1 saturated carbocycles. The monoisotopic (exact) mass is 306 g/mol. The van der Waals surface area contributed by atoms with E-state index in [0.717, 1.165) is 25.9 Å². The van der Waals surface area contributed by atoms with E-state index in [9.17, 15) is 9.90 Å². The molecule has 1 aromatic heterocycles. The van der Waals surface area contributed by atoms with Crippen LogP contribution in [0.1, 0.15) is 19.3 Å². The van der Waals surface area contributed by atoms with E-state index < -0.39 is 11.4 Å². The van der Waals surface area contributed by atoms with E-state index in [1.807, 2.05) is 6.07 Å². The van der Waals surface area contributed by atoms with Crippen LogP contribution in [0.25, 0.3) is 0 Å². The molecule has 1 saturated heterocycles. The largest absolute Gasteiger partial charge is 0.480 e. The fourth-order valence-electron chi connectivity index (χ4n) is 3.25. The molecule has 6 nitrogen and oxygen atoms in total. The molecule has 1 aliphatic carbocycles. The lowest BCUT2D eigenvalue weighted by atomic mass is 9.87. The molecular formula is C14H15ClN4O2. The standard InChI is InChI=1S/C14H15ClN4O2/c15-10-6-17-13(18-7-10)19-3-1-9(2-4-19)11-5-14(11,8-16)12(20)21/h6-7,9,11H,1-5H2,(H,20,21). The van der Waals surface area contributed by atoms with Crippen molar-refractivity contribution >= 4 is 23.5 Å². The minimum Gasteiger partial charge on any atom is -0.480 e. The topological polar surface area (TPSA) is 90.1 Å². The molecule has 0 bridgehead atoms. The van der Waals surface area contributed by atoms with Crippen LogP contribution in [-0.2, 0) is 4.79 Å². The zero-order valence-corrected chi connectivity index (χ0v) is 12.1. The van der Waals surface area contributed by atoms with Crippen molar-refractivity contribution < 1.29 is 9.90 Å². The zero-order chi connectivity index (χ0) is 15.0. The molecule has 2 unspecified atom stereocenters. The molecule has 0 radical (unpaired) electrons. The summed E-state index contributed by atoms with van der Waals surface area (Å²) < 4.78 is 0. The quantitative estimate of drug-likeness (QED) is 0.918. The second kappa shape index (κ2) is 5.15. The average Bonchev–Trinajstić information content (AvgIpc) is 3.24. The Morgan fingerprint density at radius 3 is 2.52 bits per heavy atom. The molecule has 0 spiro atoms. The normalized spacial score (nSPS) is 29.0. The third kappa shape index (κ3) is 2.42. The Labute approximate surface area is 127 Å². The van der Waals surface area contributed by atoms with Gasteiger partial charge in [-0.15, -0.1) is 0 Å². The Hall–Kier alpha value is -1.87. The lowest BCUT2D eigenvalue weighted by Gasteiger charge is -2.32. The number of carboxylic acids is 1. The number of hydrogen-bond acceptors (Lipinski definition) is 5. The highest BCUT2D eigenvalue weighted by Crippen LogP contribution is 2.58. The number of carbonyl (C=O) groups is 1. The van der Waals surface area contributed by atoms with Gasteiger partial charge in [-0.3, -0.25) is 4.79 Å². The Balaban J connectivity index is 1.61. The highest BCUT2D eigenvalue weighted by atomic mass is 35.5. The SMILES string of the molecule is N#CC1(C(=O)O)CC1C1CCN(c2ncc(Cl)cn2)CC1. The first-order valence-electron chi connectivity index (χ1n) is 6.94. The first-order valence-corrected chi connectivity index (χ1v) is 7.32. The third-order valence-corrected chi connectivity index (χ3v) is 4.79. The van der Waals surface area contributed by atoms with Crippen LogP contribution >= 0.6 is 11.6 Å². The number of aromatic nitrogens is 2. The van der Waals surface area contributed by atoms with Crippen LogP contribution in [0.5, 0.6) is 0 Å². The van der Waals surface area contributed by atoms with E-state index in [2.05, 4.69) is 14.9 Å². The number of rotatable bonds is 3. The van der Waals surface area contributed by atoms with Gasteiger partial charge in [-0.25, -0.2) is 9.97 Å². The van der Waals surface area contributed by atoms with Gasteiger partial charge in [0.15, 0.2) is 5.41 Å². The van der Waals surface area contributed by atoms with Crippen LogP contribution < -0.4 is 4.90 Å². The van der Waals surface area contributed by atoms with Crippen LogP contribution in [0.3, 0.4) is 0 Å². The molecule has 2 heterocycles. The van der Waals surface area contributed by atoms with Crippen molar-refractivity contribution in [2.75, 3.05) is 18.0 Å². The highest BCUT2D eigenvalue weighted by Gasteiger charge is 2.64. The van der Waals surface area contributed by atoms with Gasteiger partial charge in [0.1, 0.15) is 0 Å². The van der Waals surface area contributed by atoms with Crippen molar-refractivity contribution in [3.05, 3.63) is 17.4 Å². The Kier molecular flexibility index (Phi) is 3.46. The molecule has 1 aliphatic heterocycles. The summed E-state index contributed by atoms with van der Waals surface area (Å²) in [4.78, 5) is 21.7. The van der Waals surface area contributed by atoms with E-state index in [-0.39, 0.29) is 5.92 Å². The predicted molar refractivity (Wildman–Crippen MR) is 75.8 cm³/mol. The fraction of sp³-hybridized carbons (Fsp3) is 0.571. The molecule has 1 aromatic rings. The van der Waals surface area contributed by atoms with Crippen LogP contribution in [0, 0.1) is 28.6 Å². The summed E-state index contributed by atoms with van der Waals surface area (Å²) in [6.07, 6.45) is 5.37. The first kappa shape index (κ1) is 14.1. The summed E-state index contributed by atoms with van der Waals surface area (Å²) in [6, 6.07) is 2.00. The van der Waals surface area contributed by atoms with Gasteiger partial charge in [0.2, 0.25) is 5.95 Å². The Morgan fingerprint density at radius 1 is 1.43 bits per heavy atom. The number of aliphatic carboxylic acids is 1. The van der Waals surface area contributed by atoms with Gasteiger partial charge in [-0.2, -0.15) is 5.26 Å². The van der Waals surface area contributed by atoms with Crippen LogP contribution in [0.4, 0.5) is 5.95 Å². The molecule has 21 heavy (non-hydrogen) atoms. The number of halogens is 1. The van der Waals surface area contributed by atoms with Crippen molar-refractivity contribution in [1.82, 2.24) is 9.97 Å². The van der Waals surface area contributed by atoms with Gasteiger partial charge >= 0.3 is 5.97 Å². The molecule has 2 fully saturated rings. The number of hydrogen-bond donors (Lipinski definition) is 1. The number of nitrogens with zero attached hydrogens (tertiary/aromatic N) is 4. The number of nitriles is 1. The molecule has 2 atom stereocenters. The maximum absolute atomic E-state index is 11.2. The second-order valence-corrected chi connectivity index (χ2v) is 6.16. The highest BCUT2D eigenvalue weighted by molar-refractivity contribution is 6.30. The summed E-state index contributed by atoms with van der Waals surface area (Å²) in [6.45, 7) is 1.56. The van der Waals surface area contributed by atoms with Crippen molar-refractivity contribution in [3.63, 3.8) is 0 Å². The van der Waals surface area contributed by atoms with Gasteiger partial charge in [-0.05, 0) is 31.1 Å². The Bertz CT molecular complexity index is 592. The van der Waals surface area contributed by atoms with E-state index in [4.69, 9.17) is 16.9 Å². The van der Waals surface area contributed by atoms with Crippen LogP contribution in [0.15, 0.2) is 12.4 Å². The number of anilines is 1. The molecule has 110 valence electrons. The van der Waals surface area contributed by atoms with Gasteiger partial charge in [0.25, 0.3) is 0 Å². The summed E-state index contributed by atoms with van der Waals surface area (Å²) >= 11 is 5.77. The van der Waals surface area contributed by atoms with Gasteiger partial charge < -0.3 is 10.0 Å². The zero-order valence-electron chi connectivity index (χ0n) is 11.4. The first-order chi connectivity index (χ1) is 10.1. The lowest BCUT2D eigenvalue weighted by molar-refractivity contribution is -0.141. The van der Waals surface area contributed by atoms with Crippen molar-refractivity contribution in [1.29, 1.82) is 5.26 Å². The second-order valence-electron chi connectivity index (χ2n) is 5.72. The molecule has 7 heteroatoms. The summed E-state index contributed by atoms with van der Waals surface area (Å²) in [5, 5.41) is 18.8. The molecule has 0 aromatic carbocycles. The maximum Gasteiger partial charge on any atom is 0.324 e. The van der Waals surface area contributed by atoms with Crippen molar-refractivity contribution in [2.45, 2.75) is 19.3 Å². The molecule has 3 rings (SSSR count). The summed E-state index contributed by atoms with van der Waals surface area (Å²) in [5.74, 6) is -0.0329. The predicted octanol–water partition coefficient (Wildman–Crippen LogP) is 1.96. The number of carboxylic acid groups (broad SMARTS) is 1. The maximum atomic E-state index is 11.2. The van der Waals surface area contributed by atoms with Gasteiger partial charge in [0, 0.05) is 13.1 Å². The van der Waals surface area contributed by atoms with Gasteiger partial charge in [0.05, 0.1) is 23.5 Å². The van der Waals surface area contributed by atoms with E-state index >= 15 is 0 Å². The van der Waals surface area contributed by atoms with Crippen LogP contribution in [-0.4, -0.2) is 34.1 Å². The minimum atomic E-state index is -1.14. The summed E-state index contributed by atoms with van der Waals surface area (Å²) in [5.41, 5.74) is -1.14. The minimum absolute atomic E-state index is 0.00622. The summed E-state index contributed by atoms with van der Waals surface area (Å²) in [7, 11) is 0.